The van der Waals surface area contributed by atoms with Gasteiger partial charge in [0.2, 0.25) is 0 Å². The summed E-state index contributed by atoms with van der Waals surface area (Å²) in [5.74, 6) is 0.591. The summed E-state index contributed by atoms with van der Waals surface area (Å²) >= 11 is 0. The van der Waals surface area contributed by atoms with Crippen molar-refractivity contribution in [1.29, 1.82) is 0 Å². The second-order valence-electron chi connectivity index (χ2n) is 4.73. The number of benzene rings is 1. The third-order valence-electron chi connectivity index (χ3n) is 3.12. The smallest absolute Gasteiger partial charge is 0.410 e. The first-order chi connectivity index (χ1) is 8.25. The van der Waals surface area contributed by atoms with Crippen LogP contribution in [0.1, 0.15) is 25.3 Å². The van der Waals surface area contributed by atoms with Crippen LogP contribution in [0.15, 0.2) is 30.3 Å². The molecule has 0 aromatic heterocycles. The monoisotopic (exact) mass is 233 g/mol. The Morgan fingerprint density at radius 2 is 2.18 bits per heavy atom. The van der Waals surface area contributed by atoms with E-state index < -0.39 is 0 Å². The average molecular weight is 233 g/mol. The molecule has 2 rings (SSSR count). The Morgan fingerprint density at radius 1 is 1.41 bits per heavy atom. The van der Waals surface area contributed by atoms with Gasteiger partial charge in [0.25, 0.3) is 0 Å². The Morgan fingerprint density at radius 3 is 2.88 bits per heavy atom. The number of piperidine rings is 1. The summed E-state index contributed by atoms with van der Waals surface area (Å²) in [7, 11) is 0. The highest BCUT2D eigenvalue weighted by Gasteiger charge is 2.21. The molecule has 1 atom stereocenters. The van der Waals surface area contributed by atoms with E-state index in [9.17, 15) is 4.79 Å². The van der Waals surface area contributed by atoms with Gasteiger partial charge < -0.3 is 9.64 Å². The number of likely N-dealkylation sites (tertiary alicyclic amines) is 1. The quantitative estimate of drug-likeness (QED) is 0.785. The van der Waals surface area contributed by atoms with Gasteiger partial charge in [-0.25, -0.2) is 4.79 Å². The predicted octanol–water partition coefficient (Wildman–Crippen LogP) is 3.06. The molecule has 1 saturated heterocycles. The molecule has 1 aliphatic rings. The molecule has 0 aliphatic carbocycles. The molecule has 1 amide bonds. The van der Waals surface area contributed by atoms with Crippen molar-refractivity contribution in [3.63, 3.8) is 0 Å². The second-order valence-corrected chi connectivity index (χ2v) is 4.73. The molecule has 1 aromatic rings. The maximum absolute atomic E-state index is 11.8. The lowest BCUT2D eigenvalue weighted by Gasteiger charge is -2.30. The van der Waals surface area contributed by atoms with Gasteiger partial charge in [0.1, 0.15) is 6.61 Å². The number of rotatable bonds is 2. The van der Waals surface area contributed by atoms with E-state index in [2.05, 4.69) is 6.92 Å². The number of ether oxygens (including phenoxy) is 1. The van der Waals surface area contributed by atoms with Gasteiger partial charge >= 0.3 is 6.09 Å². The molecule has 1 aliphatic heterocycles. The van der Waals surface area contributed by atoms with Gasteiger partial charge in [-0.05, 0) is 24.3 Å². The van der Waals surface area contributed by atoms with E-state index in [4.69, 9.17) is 4.74 Å². The van der Waals surface area contributed by atoms with Crippen molar-refractivity contribution < 1.29 is 9.53 Å². The van der Waals surface area contributed by atoms with Crippen LogP contribution in [0, 0.1) is 5.92 Å². The summed E-state index contributed by atoms with van der Waals surface area (Å²) in [6, 6.07) is 9.79. The summed E-state index contributed by atoms with van der Waals surface area (Å²) in [6.07, 6.45) is 2.12. The molecule has 0 radical (unpaired) electrons. The first kappa shape index (κ1) is 12.0. The van der Waals surface area contributed by atoms with Crippen LogP contribution in [0.4, 0.5) is 4.79 Å². The Hall–Kier alpha value is -1.51. The van der Waals surface area contributed by atoms with Crippen molar-refractivity contribution in [2.45, 2.75) is 26.4 Å². The number of nitrogens with zero attached hydrogens (tertiary/aromatic N) is 1. The van der Waals surface area contributed by atoms with Crippen LogP contribution in [-0.4, -0.2) is 24.1 Å². The van der Waals surface area contributed by atoms with Gasteiger partial charge in [-0.2, -0.15) is 0 Å². The molecule has 17 heavy (non-hydrogen) atoms. The zero-order valence-electron chi connectivity index (χ0n) is 10.3. The highest BCUT2D eigenvalue weighted by molar-refractivity contribution is 5.67. The fourth-order valence-electron chi connectivity index (χ4n) is 2.17. The van der Waals surface area contributed by atoms with Gasteiger partial charge in [0, 0.05) is 13.1 Å². The van der Waals surface area contributed by atoms with Crippen molar-refractivity contribution in [3.05, 3.63) is 35.9 Å². The lowest BCUT2D eigenvalue weighted by Crippen LogP contribution is -2.39. The van der Waals surface area contributed by atoms with E-state index >= 15 is 0 Å². The van der Waals surface area contributed by atoms with E-state index in [0.29, 0.717) is 12.5 Å². The molecule has 0 saturated carbocycles. The summed E-state index contributed by atoms with van der Waals surface area (Å²) < 4.78 is 5.30. The molecule has 3 heteroatoms. The second kappa shape index (κ2) is 5.71. The average Bonchev–Trinajstić information content (AvgIpc) is 2.37. The number of carbonyl (C=O) groups is 1. The normalized spacial score (nSPS) is 20.1. The SMILES string of the molecule is C[C@@H]1CCCN(C(=O)OCc2ccccc2)C1. The third-order valence-corrected chi connectivity index (χ3v) is 3.12. The number of amides is 1. The molecule has 1 aromatic carbocycles. The minimum Gasteiger partial charge on any atom is -0.445 e. The van der Waals surface area contributed by atoms with Gasteiger partial charge in [0.05, 0.1) is 0 Å². The molecular formula is C14H19NO2. The maximum atomic E-state index is 11.8. The van der Waals surface area contributed by atoms with Gasteiger partial charge in [-0.3, -0.25) is 0 Å². The van der Waals surface area contributed by atoms with Gasteiger partial charge in [-0.1, -0.05) is 37.3 Å². The molecule has 3 nitrogen and oxygen atoms in total. The molecular weight excluding hydrogens is 214 g/mol. The molecule has 0 spiro atoms. The van der Waals surface area contributed by atoms with E-state index in [1.54, 1.807) is 0 Å². The first-order valence-corrected chi connectivity index (χ1v) is 6.21. The Kier molecular flexibility index (Phi) is 4.02. The van der Waals surface area contributed by atoms with Crippen LogP contribution in [-0.2, 0) is 11.3 Å². The van der Waals surface area contributed by atoms with Crippen LogP contribution in [0.25, 0.3) is 0 Å². The minimum absolute atomic E-state index is 0.180. The molecule has 92 valence electrons. The zero-order chi connectivity index (χ0) is 12.1. The highest BCUT2D eigenvalue weighted by atomic mass is 16.6. The van der Waals surface area contributed by atoms with Gasteiger partial charge in [0.15, 0.2) is 0 Å². The molecule has 1 heterocycles. The van der Waals surface area contributed by atoms with Crippen LogP contribution < -0.4 is 0 Å². The Balaban J connectivity index is 1.81. The molecule has 1 fully saturated rings. The maximum Gasteiger partial charge on any atom is 0.410 e. The number of carbonyl (C=O) groups excluding carboxylic acids is 1. The van der Waals surface area contributed by atoms with Crippen molar-refractivity contribution in [2.75, 3.05) is 13.1 Å². The van der Waals surface area contributed by atoms with E-state index in [1.165, 1.54) is 6.42 Å². The summed E-state index contributed by atoms with van der Waals surface area (Å²) in [5, 5.41) is 0. The third kappa shape index (κ3) is 3.48. The van der Waals surface area contributed by atoms with Crippen molar-refractivity contribution in [3.8, 4) is 0 Å². The van der Waals surface area contributed by atoms with Gasteiger partial charge in [-0.15, -0.1) is 0 Å². The fraction of sp³-hybridized carbons (Fsp3) is 0.500. The Bertz CT molecular complexity index is 364. The number of hydrogen-bond donors (Lipinski definition) is 0. The number of hydrogen-bond acceptors (Lipinski definition) is 2. The molecule has 0 unspecified atom stereocenters. The van der Waals surface area contributed by atoms with Crippen LogP contribution in [0.3, 0.4) is 0 Å². The predicted molar refractivity (Wildman–Crippen MR) is 66.6 cm³/mol. The Labute approximate surface area is 102 Å². The van der Waals surface area contributed by atoms with Crippen molar-refractivity contribution in [1.82, 2.24) is 4.90 Å². The largest absolute Gasteiger partial charge is 0.445 e. The lowest BCUT2D eigenvalue weighted by atomic mass is 10.0. The topological polar surface area (TPSA) is 29.5 Å². The van der Waals surface area contributed by atoms with Crippen LogP contribution in [0.2, 0.25) is 0 Å². The fourth-order valence-corrected chi connectivity index (χ4v) is 2.17. The van der Waals surface area contributed by atoms with E-state index in [-0.39, 0.29) is 6.09 Å². The van der Waals surface area contributed by atoms with E-state index in [0.717, 1.165) is 25.1 Å². The summed E-state index contributed by atoms with van der Waals surface area (Å²) in [4.78, 5) is 13.6. The van der Waals surface area contributed by atoms with Crippen molar-refractivity contribution in [2.24, 2.45) is 5.92 Å². The highest BCUT2D eigenvalue weighted by Crippen LogP contribution is 2.16. The zero-order valence-corrected chi connectivity index (χ0v) is 10.3. The van der Waals surface area contributed by atoms with Crippen LogP contribution >= 0.6 is 0 Å². The van der Waals surface area contributed by atoms with Crippen molar-refractivity contribution >= 4 is 6.09 Å². The van der Waals surface area contributed by atoms with Crippen LogP contribution in [0.5, 0.6) is 0 Å². The van der Waals surface area contributed by atoms with E-state index in [1.807, 2.05) is 35.2 Å². The standard InChI is InChI=1S/C14H19NO2/c1-12-6-5-9-15(10-12)14(16)17-11-13-7-3-2-4-8-13/h2-4,7-8,12H,5-6,9-11H2,1H3/t12-/m1/s1. The first-order valence-electron chi connectivity index (χ1n) is 6.21. The molecule has 0 bridgehead atoms. The molecule has 0 N–H and O–H groups in total. The summed E-state index contributed by atoms with van der Waals surface area (Å²) in [5.41, 5.74) is 1.03. The summed E-state index contributed by atoms with van der Waals surface area (Å²) in [6.45, 7) is 4.20. The minimum atomic E-state index is -0.180. The lowest BCUT2D eigenvalue weighted by molar-refractivity contribution is 0.0810.